The van der Waals surface area contributed by atoms with Crippen LogP contribution in [0.2, 0.25) is 0 Å². The van der Waals surface area contributed by atoms with E-state index in [0.29, 0.717) is 21.5 Å². The maximum absolute atomic E-state index is 12.1. The molecule has 10 nitrogen and oxygen atoms in total. The first-order valence-corrected chi connectivity index (χ1v) is 8.57. The molecule has 0 aliphatic rings. The van der Waals surface area contributed by atoms with E-state index in [-0.39, 0.29) is 22.3 Å². The lowest BCUT2D eigenvalue weighted by Gasteiger charge is -2.07. The minimum absolute atomic E-state index is 0.214. The van der Waals surface area contributed by atoms with Gasteiger partial charge in [0, 0.05) is 10.8 Å². The number of amides is 2. The fourth-order valence-corrected chi connectivity index (χ4v) is 3.10. The summed E-state index contributed by atoms with van der Waals surface area (Å²) in [5.41, 5.74) is 2.57. The maximum atomic E-state index is 12.1. The van der Waals surface area contributed by atoms with Gasteiger partial charge in [-0.2, -0.15) is 0 Å². The van der Waals surface area contributed by atoms with Crippen LogP contribution in [-0.2, 0) is 9.68 Å². The highest BCUT2D eigenvalue weighted by molar-refractivity contribution is 6.05. The second-order valence-corrected chi connectivity index (χ2v) is 6.29. The zero-order chi connectivity index (χ0) is 21.4. The molecule has 2 N–H and O–H groups in total. The van der Waals surface area contributed by atoms with Gasteiger partial charge in [-0.3, -0.25) is 19.3 Å². The van der Waals surface area contributed by atoms with Gasteiger partial charge in [0.25, 0.3) is 11.8 Å². The van der Waals surface area contributed by atoms with Crippen LogP contribution in [-0.4, -0.2) is 26.0 Å². The normalized spacial score (nSPS) is 11.1. The van der Waals surface area contributed by atoms with E-state index in [4.69, 9.17) is 8.83 Å². The zero-order valence-corrected chi connectivity index (χ0v) is 15.7. The molecule has 10 heteroatoms. The lowest BCUT2D eigenvalue weighted by Crippen LogP contribution is -2.27. The molecule has 0 saturated heterocycles. The highest BCUT2D eigenvalue weighted by atomic mass is 16.6. The third-order valence-electron chi connectivity index (χ3n) is 4.42. The first kappa shape index (κ1) is 19.3. The Morgan fingerprint density at radius 2 is 1.07 bits per heavy atom. The summed E-state index contributed by atoms with van der Waals surface area (Å²) in [6.07, 6.45) is 0. The first-order chi connectivity index (χ1) is 14.4. The van der Waals surface area contributed by atoms with Gasteiger partial charge in [-0.25, -0.2) is 20.5 Å². The summed E-state index contributed by atoms with van der Waals surface area (Å²) >= 11 is 0. The SMILES string of the molecule is CONC(=O)c1cc2cc3cc4cc(C(=O)NOC)c(=O)oc4cc3cc2oc1=O. The topological polar surface area (TPSA) is 137 Å². The Kier molecular flexibility index (Phi) is 4.78. The molecule has 0 atom stereocenters. The van der Waals surface area contributed by atoms with Gasteiger partial charge in [0.2, 0.25) is 0 Å². The molecule has 0 aliphatic heterocycles. The van der Waals surface area contributed by atoms with Crippen LogP contribution >= 0.6 is 0 Å². The number of benzene rings is 2. The first-order valence-electron chi connectivity index (χ1n) is 8.57. The predicted octanol–water partition coefficient (Wildman–Crippen LogP) is 1.64. The number of carbonyl (C=O) groups excluding carboxylic acids is 2. The number of fused-ring (bicyclic) bond motifs is 3. The highest BCUT2D eigenvalue weighted by Gasteiger charge is 2.16. The van der Waals surface area contributed by atoms with Crippen LogP contribution in [0.15, 0.2) is 54.8 Å². The summed E-state index contributed by atoms with van der Waals surface area (Å²) in [6.45, 7) is 0. The van der Waals surface area contributed by atoms with Crippen LogP contribution in [0.3, 0.4) is 0 Å². The van der Waals surface area contributed by atoms with Crippen LogP contribution in [0.25, 0.3) is 32.7 Å². The lowest BCUT2D eigenvalue weighted by atomic mass is 10.0. The Balaban J connectivity index is 1.93. The maximum Gasteiger partial charge on any atom is 0.349 e. The van der Waals surface area contributed by atoms with Crippen molar-refractivity contribution in [3.8, 4) is 0 Å². The average Bonchev–Trinajstić information content (AvgIpc) is 2.70. The van der Waals surface area contributed by atoms with Gasteiger partial charge in [0.1, 0.15) is 22.3 Å². The molecule has 0 unspecified atom stereocenters. The molecule has 0 saturated carbocycles. The van der Waals surface area contributed by atoms with Crippen LogP contribution < -0.4 is 22.2 Å². The van der Waals surface area contributed by atoms with Gasteiger partial charge >= 0.3 is 11.3 Å². The molecule has 0 radical (unpaired) electrons. The third-order valence-corrected chi connectivity index (χ3v) is 4.42. The largest absolute Gasteiger partial charge is 0.422 e. The van der Waals surface area contributed by atoms with E-state index >= 15 is 0 Å². The van der Waals surface area contributed by atoms with Gasteiger partial charge < -0.3 is 8.83 Å². The van der Waals surface area contributed by atoms with Crippen LogP contribution in [0, 0.1) is 0 Å². The van der Waals surface area contributed by atoms with E-state index in [0.717, 1.165) is 0 Å². The Bertz CT molecular complexity index is 1340. The summed E-state index contributed by atoms with van der Waals surface area (Å²) in [7, 11) is 2.50. The molecule has 0 fully saturated rings. The van der Waals surface area contributed by atoms with Crippen molar-refractivity contribution in [3.63, 3.8) is 0 Å². The van der Waals surface area contributed by atoms with Gasteiger partial charge in [-0.05, 0) is 47.2 Å². The summed E-state index contributed by atoms with van der Waals surface area (Å²) in [5, 5.41) is 2.33. The standard InChI is InChI=1S/C20H14N2O8/c1-27-21-17(23)13-5-11-3-9-4-12-6-14(18(24)22-28-2)20(26)30-16(12)8-10(9)7-15(11)29-19(13)25/h3-8H,1-2H3,(H,21,23)(H,22,24). The van der Waals surface area contributed by atoms with E-state index in [1.807, 2.05) is 0 Å². The van der Waals surface area contributed by atoms with E-state index in [1.165, 1.54) is 26.4 Å². The van der Waals surface area contributed by atoms with Gasteiger partial charge in [0.15, 0.2) is 0 Å². The quantitative estimate of drug-likeness (QED) is 0.294. The van der Waals surface area contributed by atoms with Gasteiger partial charge in [-0.1, -0.05) is 0 Å². The molecule has 4 aromatic rings. The molecular formula is C20H14N2O8. The third kappa shape index (κ3) is 3.30. The van der Waals surface area contributed by atoms with Gasteiger partial charge in [0.05, 0.1) is 14.2 Å². The van der Waals surface area contributed by atoms with Crippen molar-refractivity contribution in [3.05, 3.63) is 68.4 Å². The fourth-order valence-electron chi connectivity index (χ4n) is 3.10. The molecule has 2 aromatic carbocycles. The van der Waals surface area contributed by atoms with E-state index in [2.05, 4.69) is 20.6 Å². The number of nitrogens with one attached hydrogen (secondary N) is 2. The molecule has 0 bridgehead atoms. The second-order valence-electron chi connectivity index (χ2n) is 6.29. The lowest BCUT2D eigenvalue weighted by molar-refractivity contribution is 0.0529. The van der Waals surface area contributed by atoms with Crippen LogP contribution in [0.5, 0.6) is 0 Å². The fraction of sp³-hybridized carbons (Fsp3) is 0.100. The smallest absolute Gasteiger partial charge is 0.349 e. The molecule has 4 rings (SSSR count). The molecule has 0 spiro atoms. The number of rotatable bonds is 4. The van der Waals surface area contributed by atoms with E-state index < -0.39 is 23.1 Å². The Morgan fingerprint density at radius 3 is 1.47 bits per heavy atom. The summed E-state index contributed by atoms with van der Waals surface area (Å²) in [5.74, 6) is -1.47. The molecule has 2 heterocycles. The van der Waals surface area contributed by atoms with Crippen LogP contribution in [0.1, 0.15) is 20.7 Å². The summed E-state index contributed by atoms with van der Waals surface area (Å²) < 4.78 is 10.5. The molecule has 152 valence electrons. The Labute approximate surface area is 166 Å². The highest BCUT2D eigenvalue weighted by Crippen LogP contribution is 2.27. The molecule has 2 aromatic heterocycles. The summed E-state index contributed by atoms with van der Waals surface area (Å²) in [4.78, 5) is 57.2. The van der Waals surface area contributed by atoms with E-state index in [1.54, 1.807) is 24.3 Å². The van der Waals surface area contributed by atoms with Crippen molar-refractivity contribution in [1.82, 2.24) is 11.0 Å². The minimum Gasteiger partial charge on any atom is -0.422 e. The Morgan fingerprint density at radius 1 is 0.667 bits per heavy atom. The van der Waals surface area contributed by atoms with Crippen molar-refractivity contribution in [2.75, 3.05) is 14.2 Å². The Hall–Kier alpha value is -4.02. The molecule has 0 aliphatic carbocycles. The predicted molar refractivity (Wildman–Crippen MR) is 105 cm³/mol. The van der Waals surface area contributed by atoms with E-state index in [9.17, 15) is 19.2 Å². The van der Waals surface area contributed by atoms with Crippen molar-refractivity contribution >= 4 is 44.5 Å². The monoisotopic (exact) mass is 410 g/mol. The minimum atomic E-state index is -0.822. The molecule has 2 amide bonds. The van der Waals surface area contributed by atoms with Gasteiger partial charge in [-0.15, -0.1) is 0 Å². The second kappa shape index (κ2) is 7.43. The summed E-state index contributed by atoms with van der Waals surface area (Å²) in [6, 6.07) is 9.38. The average molecular weight is 410 g/mol. The number of hydrogen-bond donors (Lipinski definition) is 2. The number of hydroxylamine groups is 2. The molecular weight excluding hydrogens is 396 g/mol. The van der Waals surface area contributed by atoms with Crippen molar-refractivity contribution in [2.24, 2.45) is 0 Å². The van der Waals surface area contributed by atoms with Crippen molar-refractivity contribution in [1.29, 1.82) is 0 Å². The number of hydrogen-bond acceptors (Lipinski definition) is 8. The van der Waals surface area contributed by atoms with Crippen molar-refractivity contribution in [2.45, 2.75) is 0 Å². The molecule has 30 heavy (non-hydrogen) atoms. The number of carbonyl (C=O) groups is 2. The zero-order valence-electron chi connectivity index (χ0n) is 15.7. The van der Waals surface area contributed by atoms with Crippen LogP contribution in [0.4, 0.5) is 0 Å². The van der Waals surface area contributed by atoms with Crippen molar-refractivity contribution < 1.29 is 28.1 Å².